The number of nitrogens with one attached hydrogen (secondary N) is 4. The fourth-order valence-corrected chi connectivity index (χ4v) is 4.97. The number of hydrogen-bond donors (Lipinski definition) is 5. The van der Waals surface area contributed by atoms with Crippen molar-refractivity contribution in [3.63, 3.8) is 0 Å². The van der Waals surface area contributed by atoms with Gasteiger partial charge in [0.05, 0.1) is 0 Å². The Hall–Kier alpha value is -3.81. The molecule has 0 bridgehead atoms. The second-order valence-electron chi connectivity index (χ2n) is 12.9. The van der Waals surface area contributed by atoms with Gasteiger partial charge in [0.25, 0.3) is 0 Å². The van der Waals surface area contributed by atoms with Crippen LogP contribution >= 0.6 is 11.8 Å². The van der Waals surface area contributed by atoms with Gasteiger partial charge in [0, 0.05) is 6.42 Å². The first-order valence-corrected chi connectivity index (χ1v) is 17.8. The van der Waals surface area contributed by atoms with E-state index in [4.69, 9.17) is 15.2 Å². The van der Waals surface area contributed by atoms with Crippen molar-refractivity contribution in [1.82, 2.24) is 21.3 Å². The van der Waals surface area contributed by atoms with Crippen LogP contribution in [0.1, 0.15) is 86.1 Å². The number of carbonyl (C=O) groups excluding carboxylic acids is 6. The lowest BCUT2D eigenvalue weighted by molar-refractivity contribution is -0.145. The maximum Gasteiger partial charge on any atom is 0.408 e. The molecule has 0 radical (unpaired) electrons. The van der Waals surface area contributed by atoms with Crippen molar-refractivity contribution >= 4 is 47.5 Å². The van der Waals surface area contributed by atoms with Crippen molar-refractivity contribution in [2.45, 2.75) is 117 Å². The van der Waals surface area contributed by atoms with Gasteiger partial charge in [0.2, 0.25) is 23.6 Å². The van der Waals surface area contributed by atoms with E-state index in [0.717, 1.165) is 5.56 Å². The molecule has 270 valence electrons. The van der Waals surface area contributed by atoms with Gasteiger partial charge in [-0.05, 0) is 63.0 Å². The maximum absolute atomic E-state index is 13.8. The summed E-state index contributed by atoms with van der Waals surface area (Å²) in [6.07, 6.45) is 2.00. The van der Waals surface area contributed by atoms with Crippen molar-refractivity contribution < 1.29 is 38.2 Å². The molecular formula is C34H55N5O8S. The number of esters is 1. The molecule has 0 aromatic heterocycles. The zero-order valence-corrected chi connectivity index (χ0v) is 30.4. The quantitative estimate of drug-likeness (QED) is 0.128. The predicted molar refractivity (Wildman–Crippen MR) is 186 cm³/mol. The Balaban J connectivity index is 3.26. The second-order valence-corrected chi connectivity index (χ2v) is 13.9. The SMILES string of the molecule is CC[C@H](C)[C@H](NC(=O)[C@H](NC(=O)[C@H](CCC(=O)OCc1ccccc1)NC(=O)[C@@H](CCSC)NC(=O)OC(C)(C)C)[C@@H](C)CC)C(N)=O. The lowest BCUT2D eigenvalue weighted by atomic mass is 9.94. The van der Waals surface area contributed by atoms with Crippen LogP contribution in [0.4, 0.5) is 4.79 Å². The first kappa shape index (κ1) is 42.2. The summed E-state index contributed by atoms with van der Waals surface area (Å²) >= 11 is 1.47. The monoisotopic (exact) mass is 693 g/mol. The molecule has 0 fully saturated rings. The van der Waals surface area contributed by atoms with Crippen molar-refractivity contribution in [3.05, 3.63) is 35.9 Å². The molecule has 13 nitrogen and oxygen atoms in total. The molecular weight excluding hydrogens is 638 g/mol. The van der Waals surface area contributed by atoms with Crippen molar-refractivity contribution in [1.29, 1.82) is 0 Å². The van der Waals surface area contributed by atoms with Crippen LogP contribution in [0.3, 0.4) is 0 Å². The molecule has 0 unspecified atom stereocenters. The van der Waals surface area contributed by atoms with E-state index >= 15 is 0 Å². The van der Waals surface area contributed by atoms with Gasteiger partial charge in [0.1, 0.15) is 36.4 Å². The fourth-order valence-electron chi connectivity index (χ4n) is 4.50. The Morgan fingerprint density at radius 1 is 0.792 bits per heavy atom. The first-order chi connectivity index (χ1) is 22.5. The van der Waals surface area contributed by atoms with Gasteiger partial charge in [-0.1, -0.05) is 70.9 Å². The van der Waals surface area contributed by atoms with E-state index in [9.17, 15) is 28.8 Å². The summed E-state index contributed by atoms with van der Waals surface area (Å²) in [5, 5.41) is 10.6. The zero-order chi connectivity index (χ0) is 36.4. The molecule has 1 aromatic rings. The highest BCUT2D eigenvalue weighted by Crippen LogP contribution is 2.14. The molecule has 0 aliphatic rings. The van der Waals surface area contributed by atoms with Crippen molar-refractivity contribution in [2.75, 3.05) is 12.0 Å². The summed E-state index contributed by atoms with van der Waals surface area (Å²) < 4.78 is 10.7. The van der Waals surface area contributed by atoms with Gasteiger partial charge < -0.3 is 36.5 Å². The number of ether oxygens (including phenoxy) is 2. The van der Waals surface area contributed by atoms with Crippen LogP contribution in [-0.4, -0.2) is 77.5 Å². The smallest absolute Gasteiger partial charge is 0.408 e. The van der Waals surface area contributed by atoms with Crippen LogP contribution in [-0.2, 0) is 40.1 Å². The van der Waals surface area contributed by atoms with Gasteiger partial charge in [-0.3, -0.25) is 24.0 Å². The number of thioether (sulfide) groups is 1. The van der Waals surface area contributed by atoms with Gasteiger partial charge in [-0.15, -0.1) is 0 Å². The Morgan fingerprint density at radius 3 is 1.88 bits per heavy atom. The first-order valence-electron chi connectivity index (χ1n) is 16.4. The van der Waals surface area contributed by atoms with E-state index in [1.54, 1.807) is 46.8 Å². The molecule has 0 heterocycles. The molecule has 6 N–H and O–H groups in total. The Morgan fingerprint density at radius 2 is 1.33 bits per heavy atom. The third-order valence-corrected chi connectivity index (χ3v) is 8.39. The molecule has 1 rings (SSSR count). The number of hydrogen-bond acceptors (Lipinski definition) is 9. The van der Waals surface area contributed by atoms with Gasteiger partial charge in [-0.25, -0.2) is 4.79 Å². The Bertz CT molecular complexity index is 1210. The predicted octanol–water partition coefficient (Wildman–Crippen LogP) is 3.19. The second kappa shape index (κ2) is 21.2. The summed E-state index contributed by atoms with van der Waals surface area (Å²) in [6, 6.07) is 4.73. The van der Waals surface area contributed by atoms with Crippen LogP contribution in [0.2, 0.25) is 0 Å². The summed E-state index contributed by atoms with van der Waals surface area (Å²) in [5.41, 5.74) is 5.54. The summed E-state index contributed by atoms with van der Waals surface area (Å²) in [4.78, 5) is 78.2. The highest BCUT2D eigenvalue weighted by atomic mass is 32.2. The van der Waals surface area contributed by atoms with Gasteiger partial charge in [0.15, 0.2) is 0 Å². The minimum atomic E-state index is -1.28. The molecule has 6 atom stereocenters. The molecule has 0 saturated carbocycles. The number of benzene rings is 1. The third-order valence-electron chi connectivity index (χ3n) is 7.74. The Kier molecular flexibility index (Phi) is 18.7. The van der Waals surface area contributed by atoms with Gasteiger partial charge >= 0.3 is 12.1 Å². The number of carbonyl (C=O) groups is 6. The average Bonchev–Trinajstić information content (AvgIpc) is 3.03. The standard InChI is InChI=1S/C34H55N5O8S/c1-9-21(3)27(29(35)41)38-32(44)28(22(4)10-2)39-31(43)24(16-17-26(40)46-20-23-14-12-11-13-15-23)36-30(42)25(18-19-48-8)37-33(45)47-34(5,6)7/h11-15,21-22,24-25,27-28H,9-10,16-20H2,1-8H3,(H2,35,41)(H,36,42)(H,37,45)(H,38,44)(H,39,43)/t21-,22-,24-,25+,27-,28+/m0/s1. The fraction of sp³-hybridized carbons (Fsp3) is 0.647. The van der Waals surface area contributed by atoms with E-state index in [0.29, 0.717) is 18.6 Å². The third kappa shape index (κ3) is 15.9. The number of nitrogens with two attached hydrogens (primary N) is 1. The van der Waals surface area contributed by atoms with E-state index in [1.807, 2.05) is 38.3 Å². The largest absolute Gasteiger partial charge is 0.461 e. The topological polar surface area (TPSA) is 195 Å². The summed E-state index contributed by atoms with van der Waals surface area (Å²) in [7, 11) is 0. The minimum absolute atomic E-state index is 0.0347. The van der Waals surface area contributed by atoms with E-state index in [-0.39, 0.29) is 37.7 Å². The number of primary amides is 1. The molecule has 14 heteroatoms. The van der Waals surface area contributed by atoms with Crippen LogP contribution < -0.4 is 27.0 Å². The molecule has 5 amide bonds. The van der Waals surface area contributed by atoms with Crippen LogP contribution in [0, 0.1) is 11.8 Å². The molecule has 0 aliphatic carbocycles. The van der Waals surface area contributed by atoms with Crippen LogP contribution in [0.5, 0.6) is 0 Å². The lowest BCUT2D eigenvalue weighted by Gasteiger charge is -2.30. The number of rotatable bonds is 20. The average molecular weight is 694 g/mol. The minimum Gasteiger partial charge on any atom is -0.461 e. The highest BCUT2D eigenvalue weighted by Gasteiger charge is 2.34. The van der Waals surface area contributed by atoms with Crippen molar-refractivity contribution in [2.24, 2.45) is 17.6 Å². The normalized spacial score (nSPS) is 15.0. The van der Waals surface area contributed by atoms with E-state index in [1.165, 1.54) is 11.8 Å². The molecule has 0 aliphatic heterocycles. The highest BCUT2D eigenvalue weighted by molar-refractivity contribution is 7.98. The molecule has 1 aromatic carbocycles. The van der Waals surface area contributed by atoms with Crippen molar-refractivity contribution in [3.8, 4) is 0 Å². The summed E-state index contributed by atoms with van der Waals surface area (Å²) in [6.45, 7) is 12.4. The summed E-state index contributed by atoms with van der Waals surface area (Å²) in [5.74, 6) is -3.37. The maximum atomic E-state index is 13.8. The zero-order valence-electron chi connectivity index (χ0n) is 29.6. The van der Waals surface area contributed by atoms with E-state index in [2.05, 4.69) is 21.3 Å². The number of amides is 5. The lowest BCUT2D eigenvalue weighted by Crippen LogP contribution is -2.60. The Labute approximate surface area is 289 Å². The van der Waals surface area contributed by atoms with Crippen LogP contribution in [0.25, 0.3) is 0 Å². The molecule has 0 spiro atoms. The number of alkyl carbamates (subject to hydrolysis) is 1. The molecule has 48 heavy (non-hydrogen) atoms. The molecule has 0 saturated heterocycles. The van der Waals surface area contributed by atoms with Crippen LogP contribution in [0.15, 0.2) is 30.3 Å². The van der Waals surface area contributed by atoms with E-state index < -0.39 is 65.5 Å². The van der Waals surface area contributed by atoms with Gasteiger partial charge in [-0.2, -0.15) is 11.8 Å².